The van der Waals surface area contributed by atoms with Crippen molar-refractivity contribution in [3.8, 4) is 0 Å². The fourth-order valence-corrected chi connectivity index (χ4v) is 3.97. The third kappa shape index (κ3) is 4.37. The maximum absolute atomic E-state index is 12.8. The van der Waals surface area contributed by atoms with E-state index in [2.05, 4.69) is 16.7 Å². The number of amides is 1. The number of piperidine rings is 2. The summed E-state index contributed by atoms with van der Waals surface area (Å²) in [7, 11) is 0. The first-order valence-corrected chi connectivity index (χ1v) is 9.46. The zero-order valence-electron chi connectivity index (χ0n) is 14.9. The molecule has 2 heterocycles. The second-order valence-electron chi connectivity index (χ2n) is 7.64. The van der Waals surface area contributed by atoms with Gasteiger partial charge in [0.15, 0.2) is 0 Å². The van der Waals surface area contributed by atoms with Gasteiger partial charge in [-0.05, 0) is 68.3 Å². The lowest BCUT2D eigenvalue weighted by Crippen LogP contribution is -2.45. The van der Waals surface area contributed by atoms with Gasteiger partial charge in [-0.25, -0.2) is 0 Å². The molecule has 4 nitrogen and oxygen atoms in total. The summed E-state index contributed by atoms with van der Waals surface area (Å²) in [5.74, 6) is 1.68. The van der Waals surface area contributed by atoms with Gasteiger partial charge in [0.25, 0.3) is 5.91 Å². The van der Waals surface area contributed by atoms with Crippen molar-refractivity contribution in [1.29, 1.82) is 0 Å². The Kier molecular flexibility index (Phi) is 5.90. The van der Waals surface area contributed by atoms with E-state index in [0.29, 0.717) is 12.5 Å². The summed E-state index contributed by atoms with van der Waals surface area (Å²) in [4.78, 5) is 17.4. The molecule has 1 amide bonds. The maximum atomic E-state index is 12.8. The van der Waals surface area contributed by atoms with Crippen molar-refractivity contribution in [2.75, 3.05) is 32.7 Å². The molecule has 3 rings (SSSR count). The SMILES string of the molecule is CC1CCN(CC2CCCN(C(=O)c3ccc(CN)cc3)C2)CC1. The van der Waals surface area contributed by atoms with Gasteiger partial charge >= 0.3 is 0 Å². The van der Waals surface area contributed by atoms with Crippen molar-refractivity contribution in [3.63, 3.8) is 0 Å². The van der Waals surface area contributed by atoms with Crippen LogP contribution in [-0.4, -0.2) is 48.4 Å². The Morgan fingerprint density at radius 1 is 1.12 bits per heavy atom. The van der Waals surface area contributed by atoms with E-state index in [1.165, 1.54) is 32.4 Å². The number of hydrogen-bond acceptors (Lipinski definition) is 3. The molecule has 2 saturated heterocycles. The normalized spacial score (nSPS) is 23.4. The van der Waals surface area contributed by atoms with Crippen LogP contribution in [-0.2, 0) is 6.54 Å². The summed E-state index contributed by atoms with van der Waals surface area (Å²) in [6.07, 6.45) is 5.02. The van der Waals surface area contributed by atoms with Crippen LogP contribution in [0.25, 0.3) is 0 Å². The average molecular weight is 329 g/mol. The average Bonchev–Trinajstić information content (AvgIpc) is 2.63. The lowest BCUT2D eigenvalue weighted by atomic mass is 9.94. The number of rotatable bonds is 4. The quantitative estimate of drug-likeness (QED) is 0.924. The molecule has 2 aliphatic heterocycles. The second-order valence-corrected chi connectivity index (χ2v) is 7.64. The first kappa shape index (κ1) is 17.4. The molecule has 24 heavy (non-hydrogen) atoms. The third-order valence-electron chi connectivity index (χ3n) is 5.64. The van der Waals surface area contributed by atoms with Crippen LogP contribution in [0.2, 0.25) is 0 Å². The van der Waals surface area contributed by atoms with Crippen molar-refractivity contribution >= 4 is 5.91 Å². The number of nitrogens with two attached hydrogens (primary N) is 1. The summed E-state index contributed by atoms with van der Waals surface area (Å²) in [5.41, 5.74) is 7.50. The smallest absolute Gasteiger partial charge is 0.253 e. The highest BCUT2D eigenvalue weighted by Crippen LogP contribution is 2.23. The molecule has 1 aromatic rings. The molecule has 1 atom stereocenters. The first-order chi connectivity index (χ1) is 11.7. The van der Waals surface area contributed by atoms with Crippen LogP contribution >= 0.6 is 0 Å². The van der Waals surface area contributed by atoms with E-state index in [1.807, 2.05) is 24.3 Å². The fraction of sp³-hybridized carbons (Fsp3) is 0.650. The van der Waals surface area contributed by atoms with Gasteiger partial charge in [-0.1, -0.05) is 19.1 Å². The number of carbonyl (C=O) groups excluding carboxylic acids is 1. The Morgan fingerprint density at radius 3 is 2.50 bits per heavy atom. The van der Waals surface area contributed by atoms with Crippen LogP contribution in [0.5, 0.6) is 0 Å². The van der Waals surface area contributed by atoms with Crippen molar-refractivity contribution < 1.29 is 4.79 Å². The number of benzene rings is 1. The Morgan fingerprint density at radius 2 is 1.83 bits per heavy atom. The fourth-order valence-electron chi connectivity index (χ4n) is 3.97. The second kappa shape index (κ2) is 8.13. The van der Waals surface area contributed by atoms with Gasteiger partial charge in [0.2, 0.25) is 0 Å². The van der Waals surface area contributed by atoms with Crippen molar-refractivity contribution in [3.05, 3.63) is 35.4 Å². The van der Waals surface area contributed by atoms with Gasteiger partial charge < -0.3 is 15.5 Å². The summed E-state index contributed by atoms with van der Waals surface area (Å²) >= 11 is 0. The topological polar surface area (TPSA) is 49.6 Å². The minimum absolute atomic E-state index is 0.176. The van der Waals surface area contributed by atoms with Gasteiger partial charge in [0.05, 0.1) is 0 Å². The van der Waals surface area contributed by atoms with Crippen LogP contribution in [0.15, 0.2) is 24.3 Å². The Bertz CT molecular complexity index is 534. The Hall–Kier alpha value is -1.39. The first-order valence-electron chi connectivity index (χ1n) is 9.46. The molecule has 0 spiro atoms. The van der Waals surface area contributed by atoms with Crippen LogP contribution in [0, 0.1) is 11.8 Å². The molecule has 0 saturated carbocycles. The molecule has 0 aromatic heterocycles. The van der Waals surface area contributed by atoms with Gasteiger partial charge in [0, 0.05) is 31.7 Å². The predicted molar refractivity (Wildman–Crippen MR) is 97.8 cm³/mol. The summed E-state index contributed by atoms with van der Waals surface area (Å²) in [6, 6.07) is 7.76. The zero-order valence-corrected chi connectivity index (χ0v) is 14.9. The molecule has 2 N–H and O–H groups in total. The van der Waals surface area contributed by atoms with E-state index in [4.69, 9.17) is 5.73 Å². The molecule has 0 bridgehead atoms. The highest BCUT2D eigenvalue weighted by Gasteiger charge is 2.27. The molecule has 0 radical (unpaired) electrons. The molecule has 2 fully saturated rings. The lowest BCUT2D eigenvalue weighted by Gasteiger charge is -2.38. The summed E-state index contributed by atoms with van der Waals surface area (Å²) in [6.45, 7) is 8.29. The predicted octanol–water partition coefficient (Wildman–Crippen LogP) is 2.73. The number of hydrogen-bond donors (Lipinski definition) is 1. The minimum atomic E-state index is 0.176. The van der Waals surface area contributed by atoms with E-state index in [0.717, 1.165) is 43.1 Å². The van der Waals surface area contributed by atoms with E-state index < -0.39 is 0 Å². The van der Waals surface area contributed by atoms with Gasteiger partial charge in [-0.15, -0.1) is 0 Å². The molecule has 132 valence electrons. The number of likely N-dealkylation sites (tertiary alicyclic amines) is 2. The zero-order chi connectivity index (χ0) is 16.9. The minimum Gasteiger partial charge on any atom is -0.338 e. The van der Waals surface area contributed by atoms with Crippen molar-refractivity contribution in [2.45, 2.75) is 39.2 Å². The number of carbonyl (C=O) groups is 1. The standard InChI is InChI=1S/C20H31N3O/c1-16-8-11-22(12-9-16)14-18-3-2-10-23(15-18)20(24)19-6-4-17(13-21)5-7-19/h4-7,16,18H,2-3,8-15,21H2,1H3. The monoisotopic (exact) mass is 329 g/mol. The molecule has 1 unspecified atom stereocenters. The third-order valence-corrected chi connectivity index (χ3v) is 5.64. The number of nitrogens with zero attached hydrogens (tertiary/aromatic N) is 2. The molecule has 4 heteroatoms. The highest BCUT2D eigenvalue weighted by atomic mass is 16.2. The molecule has 1 aromatic carbocycles. The van der Waals surface area contributed by atoms with E-state index >= 15 is 0 Å². The van der Waals surface area contributed by atoms with Crippen molar-refractivity contribution in [1.82, 2.24) is 9.80 Å². The maximum Gasteiger partial charge on any atom is 0.253 e. The van der Waals surface area contributed by atoms with Crippen molar-refractivity contribution in [2.24, 2.45) is 17.6 Å². The van der Waals surface area contributed by atoms with Gasteiger partial charge in [-0.2, -0.15) is 0 Å². The van der Waals surface area contributed by atoms with Gasteiger partial charge in [0.1, 0.15) is 0 Å². The van der Waals surface area contributed by atoms with Crippen LogP contribution in [0.4, 0.5) is 0 Å². The van der Waals surface area contributed by atoms with Crippen LogP contribution in [0.1, 0.15) is 48.5 Å². The van der Waals surface area contributed by atoms with Gasteiger partial charge in [-0.3, -0.25) is 4.79 Å². The highest BCUT2D eigenvalue weighted by molar-refractivity contribution is 5.94. The van der Waals surface area contributed by atoms with Crippen LogP contribution < -0.4 is 5.73 Å². The molecule has 2 aliphatic rings. The summed E-state index contributed by atoms with van der Waals surface area (Å²) < 4.78 is 0. The van der Waals surface area contributed by atoms with E-state index in [-0.39, 0.29) is 5.91 Å². The molecule has 0 aliphatic carbocycles. The Labute approximate surface area is 146 Å². The van der Waals surface area contributed by atoms with E-state index in [9.17, 15) is 4.79 Å². The molecular formula is C20H31N3O. The largest absolute Gasteiger partial charge is 0.338 e. The Balaban J connectivity index is 1.55. The molecular weight excluding hydrogens is 298 g/mol. The lowest BCUT2D eigenvalue weighted by molar-refractivity contribution is 0.0622. The summed E-state index contributed by atoms with van der Waals surface area (Å²) in [5, 5.41) is 0. The van der Waals surface area contributed by atoms with E-state index in [1.54, 1.807) is 0 Å². The van der Waals surface area contributed by atoms with Crippen LogP contribution in [0.3, 0.4) is 0 Å².